The van der Waals surface area contributed by atoms with E-state index >= 15 is 0 Å². The topological polar surface area (TPSA) is 53.8 Å². The van der Waals surface area contributed by atoms with Gasteiger partial charge in [-0.1, -0.05) is 0 Å². The second kappa shape index (κ2) is 4.56. The number of hydrogen-bond acceptors (Lipinski definition) is 4. The normalized spacial score (nSPS) is 10.8. The second-order valence-corrected chi connectivity index (χ2v) is 5.12. The van der Waals surface area contributed by atoms with Gasteiger partial charge in [-0.2, -0.15) is 5.10 Å². The smallest absolute Gasteiger partial charge is 0.195 e. The minimum Gasteiger partial charge on any atom is -0.388 e. The van der Waals surface area contributed by atoms with Gasteiger partial charge in [-0.25, -0.2) is 0 Å². The Bertz CT molecular complexity index is 516. The highest BCUT2D eigenvalue weighted by Gasteiger charge is 2.08. The summed E-state index contributed by atoms with van der Waals surface area (Å²) in [5.74, 6) is 0.556. The Morgan fingerprint density at radius 2 is 2.47 bits per heavy atom. The summed E-state index contributed by atoms with van der Waals surface area (Å²) >= 11 is 10.2. The van der Waals surface area contributed by atoms with Crippen molar-refractivity contribution in [2.24, 2.45) is 0 Å². The first kappa shape index (κ1) is 11.0. The van der Waals surface area contributed by atoms with E-state index in [-0.39, 0.29) is 6.61 Å². The van der Waals surface area contributed by atoms with Crippen molar-refractivity contribution in [1.29, 1.82) is 0 Å². The lowest BCUT2D eigenvalue weighted by Crippen LogP contribution is -2.04. The van der Waals surface area contributed by atoms with E-state index in [2.05, 4.69) is 26.1 Å². The van der Waals surface area contributed by atoms with Gasteiger partial charge in [-0.05, 0) is 39.6 Å². The van der Waals surface area contributed by atoms with Crippen molar-refractivity contribution in [1.82, 2.24) is 14.8 Å². The van der Waals surface area contributed by atoms with Crippen LogP contribution in [0.1, 0.15) is 10.7 Å². The van der Waals surface area contributed by atoms with Gasteiger partial charge < -0.3 is 5.11 Å². The molecule has 0 spiro atoms. The van der Waals surface area contributed by atoms with Crippen LogP contribution in [-0.2, 0) is 13.2 Å². The summed E-state index contributed by atoms with van der Waals surface area (Å²) in [7, 11) is 0. The van der Waals surface area contributed by atoms with E-state index in [4.69, 9.17) is 17.3 Å². The maximum Gasteiger partial charge on any atom is 0.195 e. The van der Waals surface area contributed by atoms with Crippen LogP contribution in [-0.4, -0.2) is 19.9 Å². The van der Waals surface area contributed by atoms with Crippen LogP contribution < -0.4 is 0 Å². The van der Waals surface area contributed by atoms with E-state index < -0.39 is 0 Å². The number of aromatic amines is 1. The van der Waals surface area contributed by atoms with Crippen molar-refractivity contribution in [3.63, 3.8) is 0 Å². The van der Waals surface area contributed by atoms with Crippen molar-refractivity contribution in [2.45, 2.75) is 13.2 Å². The molecule has 0 saturated carbocycles. The number of halogens is 1. The molecular weight excluding hydrogens is 298 g/mol. The lowest BCUT2D eigenvalue weighted by molar-refractivity contribution is 0.265. The lowest BCUT2D eigenvalue weighted by atomic mass is 10.4. The maximum absolute atomic E-state index is 9.07. The first-order valence-corrected chi connectivity index (χ1v) is 6.27. The third-order valence-electron chi connectivity index (χ3n) is 1.97. The molecule has 2 rings (SSSR count). The van der Waals surface area contributed by atoms with Crippen molar-refractivity contribution < 1.29 is 5.11 Å². The molecule has 0 atom stereocenters. The zero-order chi connectivity index (χ0) is 10.8. The van der Waals surface area contributed by atoms with Crippen molar-refractivity contribution in [3.05, 3.63) is 31.4 Å². The van der Waals surface area contributed by atoms with Crippen LogP contribution >= 0.6 is 39.5 Å². The van der Waals surface area contributed by atoms with E-state index in [9.17, 15) is 0 Å². The molecule has 2 aromatic heterocycles. The summed E-state index contributed by atoms with van der Waals surface area (Å²) in [6.07, 6.45) is 0. The second-order valence-electron chi connectivity index (χ2n) is 2.88. The Morgan fingerprint density at radius 3 is 3.07 bits per heavy atom. The fraction of sp³-hybridized carbons (Fsp3) is 0.250. The Morgan fingerprint density at radius 1 is 1.67 bits per heavy atom. The van der Waals surface area contributed by atoms with Gasteiger partial charge in [0, 0.05) is 9.35 Å². The van der Waals surface area contributed by atoms with Crippen molar-refractivity contribution in [2.75, 3.05) is 0 Å². The third kappa shape index (κ3) is 2.20. The third-order valence-corrected chi connectivity index (χ3v) is 4.19. The van der Waals surface area contributed by atoms with E-state index in [1.54, 1.807) is 15.9 Å². The molecule has 0 fully saturated rings. The molecule has 0 amide bonds. The van der Waals surface area contributed by atoms with E-state index in [0.717, 1.165) is 9.35 Å². The van der Waals surface area contributed by atoms with E-state index in [0.29, 0.717) is 17.1 Å². The molecule has 80 valence electrons. The number of aliphatic hydroxyl groups is 1. The molecule has 2 heterocycles. The average molecular weight is 306 g/mol. The number of rotatable bonds is 3. The quantitative estimate of drug-likeness (QED) is 0.856. The minimum atomic E-state index is -0.115. The van der Waals surface area contributed by atoms with Gasteiger partial charge in [0.15, 0.2) is 10.6 Å². The Balaban J connectivity index is 2.35. The van der Waals surface area contributed by atoms with Gasteiger partial charge in [0.05, 0.1) is 6.54 Å². The van der Waals surface area contributed by atoms with Crippen LogP contribution in [0.3, 0.4) is 0 Å². The zero-order valence-corrected chi connectivity index (χ0v) is 10.8. The summed E-state index contributed by atoms with van der Waals surface area (Å²) in [6, 6.07) is 1.99. The molecule has 0 bridgehead atoms. The molecule has 0 unspecified atom stereocenters. The Kier molecular flexibility index (Phi) is 3.35. The first-order chi connectivity index (χ1) is 7.22. The number of aromatic nitrogens is 3. The predicted octanol–water partition coefficient (Wildman–Crippen LogP) is 2.31. The number of thiophene rings is 1. The molecule has 0 aliphatic heterocycles. The molecule has 4 nitrogen and oxygen atoms in total. The average Bonchev–Trinajstić information content (AvgIpc) is 2.77. The molecule has 0 radical (unpaired) electrons. The molecule has 0 aliphatic rings. The molecule has 0 aromatic carbocycles. The van der Waals surface area contributed by atoms with Crippen LogP contribution in [0.15, 0.2) is 15.9 Å². The zero-order valence-electron chi connectivity index (χ0n) is 7.61. The van der Waals surface area contributed by atoms with Crippen LogP contribution in [0.4, 0.5) is 0 Å². The maximum atomic E-state index is 9.07. The molecule has 15 heavy (non-hydrogen) atoms. The SMILES string of the molecule is OCc1n[nH]c(=S)n1Cc1sccc1Br. The molecular formula is C8H8BrN3OS2. The van der Waals surface area contributed by atoms with Crippen LogP contribution in [0.25, 0.3) is 0 Å². The molecule has 2 N–H and O–H groups in total. The van der Waals surface area contributed by atoms with E-state index in [1.165, 1.54) is 0 Å². The van der Waals surface area contributed by atoms with Crippen molar-refractivity contribution in [3.8, 4) is 0 Å². The largest absolute Gasteiger partial charge is 0.388 e. The highest BCUT2D eigenvalue weighted by atomic mass is 79.9. The standard InChI is InChI=1S/C8H8BrN3OS2/c9-5-1-2-15-6(5)3-12-7(4-13)10-11-8(12)14/h1-2,13H,3-4H2,(H,11,14). The number of nitrogens with zero attached hydrogens (tertiary/aromatic N) is 2. The Hall–Kier alpha value is -0.500. The summed E-state index contributed by atoms with van der Waals surface area (Å²) in [5, 5.41) is 17.7. The van der Waals surface area contributed by atoms with Crippen LogP contribution in [0.2, 0.25) is 0 Å². The van der Waals surface area contributed by atoms with Crippen LogP contribution in [0, 0.1) is 4.77 Å². The van der Waals surface area contributed by atoms with Crippen LogP contribution in [0.5, 0.6) is 0 Å². The Labute approximate surface area is 104 Å². The molecule has 7 heteroatoms. The van der Waals surface area contributed by atoms with Gasteiger partial charge >= 0.3 is 0 Å². The number of hydrogen-bond donors (Lipinski definition) is 2. The monoisotopic (exact) mass is 305 g/mol. The number of aliphatic hydroxyl groups excluding tert-OH is 1. The van der Waals surface area contributed by atoms with Gasteiger partial charge in [0.2, 0.25) is 0 Å². The van der Waals surface area contributed by atoms with Gasteiger partial charge in [0.25, 0.3) is 0 Å². The first-order valence-electron chi connectivity index (χ1n) is 4.19. The van der Waals surface area contributed by atoms with Gasteiger partial charge in [-0.15, -0.1) is 11.3 Å². The number of H-pyrrole nitrogens is 1. The van der Waals surface area contributed by atoms with Gasteiger partial charge in [0.1, 0.15) is 6.61 Å². The fourth-order valence-electron chi connectivity index (χ4n) is 1.22. The summed E-state index contributed by atoms with van der Waals surface area (Å²) in [4.78, 5) is 1.15. The summed E-state index contributed by atoms with van der Waals surface area (Å²) in [5.41, 5.74) is 0. The minimum absolute atomic E-state index is 0.115. The lowest BCUT2D eigenvalue weighted by Gasteiger charge is -2.03. The van der Waals surface area contributed by atoms with E-state index in [1.807, 2.05) is 11.4 Å². The van der Waals surface area contributed by atoms with Gasteiger partial charge in [-0.3, -0.25) is 9.67 Å². The highest BCUT2D eigenvalue weighted by molar-refractivity contribution is 9.10. The summed E-state index contributed by atoms with van der Waals surface area (Å²) in [6.45, 7) is 0.514. The fourth-order valence-corrected chi connectivity index (χ4v) is 2.90. The van der Waals surface area contributed by atoms with Crippen molar-refractivity contribution >= 4 is 39.5 Å². The molecule has 2 aromatic rings. The number of nitrogens with one attached hydrogen (secondary N) is 1. The highest BCUT2D eigenvalue weighted by Crippen LogP contribution is 2.23. The molecule has 0 aliphatic carbocycles. The molecule has 0 saturated heterocycles. The summed E-state index contributed by atoms with van der Waals surface area (Å²) < 4.78 is 3.37. The predicted molar refractivity (Wildman–Crippen MR) is 64.5 cm³/mol.